The van der Waals surface area contributed by atoms with E-state index in [1.807, 2.05) is 0 Å². The molecule has 2 aliphatic rings. The Labute approximate surface area is 119 Å². The number of nitrogens with one attached hydrogen (secondary N) is 1. The van der Waals surface area contributed by atoms with Gasteiger partial charge in [-0.05, 0) is 0 Å². The fourth-order valence-corrected chi connectivity index (χ4v) is 2.40. The lowest BCUT2D eigenvalue weighted by atomic mass is 10.1. The molecule has 0 aliphatic carbocycles. The highest BCUT2D eigenvalue weighted by atomic mass is 17.0. The molecule has 0 saturated carbocycles. The average molecular weight is 304 g/mol. The maximum atomic E-state index is 11.7. The van der Waals surface area contributed by atoms with Gasteiger partial charge in [0.25, 0.3) is 5.09 Å². The highest BCUT2D eigenvalue weighted by Crippen LogP contribution is 2.28. The number of nitrogens with zero attached hydrogens (tertiary/aromatic N) is 1. The number of hydrogen-bond acceptors (Lipinski definition) is 8. The first-order valence-corrected chi connectivity index (χ1v) is 6.47. The fourth-order valence-electron chi connectivity index (χ4n) is 2.40. The third kappa shape index (κ3) is 3.86. The molecule has 0 unspecified atom stereocenters. The molecule has 10 heteroatoms. The van der Waals surface area contributed by atoms with Crippen LogP contribution in [0.25, 0.3) is 0 Å². The second-order valence-electron chi connectivity index (χ2n) is 4.83. The van der Waals surface area contributed by atoms with Crippen LogP contribution in [-0.2, 0) is 23.9 Å². The molecule has 2 saturated heterocycles. The van der Waals surface area contributed by atoms with Gasteiger partial charge in [-0.15, -0.1) is 10.1 Å². The first-order valence-electron chi connectivity index (χ1n) is 6.47. The van der Waals surface area contributed by atoms with Crippen molar-refractivity contribution in [3.63, 3.8) is 0 Å². The number of amides is 1. The summed E-state index contributed by atoms with van der Waals surface area (Å²) < 4.78 is 10.7. The largest absolute Gasteiger partial charge is 0.389 e. The number of aliphatic hydroxyl groups is 1. The molecule has 0 aromatic carbocycles. The van der Waals surface area contributed by atoms with Gasteiger partial charge in [0, 0.05) is 12.8 Å². The Balaban J connectivity index is 1.80. The quantitative estimate of drug-likeness (QED) is 0.414. The lowest BCUT2D eigenvalue weighted by Crippen LogP contribution is -2.44. The Bertz CT molecular complexity index is 428. The third-order valence-corrected chi connectivity index (χ3v) is 3.38. The third-order valence-electron chi connectivity index (χ3n) is 3.38. The van der Waals surface area contributed by atoms with Crippen LogP contribution >= 0.6 is 0 Å². The van der Waals surface area contributed by atoms with E-state index in [1.54, 1.807) is 0 Å². The zero-order valence-corrected chi connectivity index (χ0v) is 11.1. The zero-order chi connectivity index (χ0) is 15.4. The van der Waals surface area contributed by atoms with Gasteiger partial charge in [-0.1, -0.05) is 0 Å². The lowest BCUT2D eigenvalue weighted by Gasteiger charge is -2.17. The predicted octanol–water partition coefficient (Wildman–Crippen LogP) is -1.81. The van der Waals surface area contributed by atoms with E-state index in [0.29, 0.717) is 0 Å². The van der Waals surface area contributed by atoms with Crippen molar-refractivity contribution < 1.29 is 34.1 Å². The average Bonchev–Trinajstić information content (AvgIpc) is 3.00. The van der Waals surface area contributed by atoms with Crippen LogP contribution in [0.15, 0.2) is 0 Å². The molecule has 4 atom stereocenters. The van der Waals surface area contributed by atoms with Crippen LogP contribution in [-0.4, -0.2) is 66.1 Å². The van der Waals surface area contributed by atoms with Crippen molar-refractivity contribution in [2.45, 2.75) is 37.2 Å². The molecule has 2 heterocycles. The normalized spacial score (nSPS) is 30.7. The van der Waals surface area contributed by atoms with Gasteiger partial charge in [-0.2, -0.15) is 0 Å². The van der Waals surface area contributed by atoms with Crippen molar-refractivity contribution in [2.24, 2.45) is 0 Å². The van der Waals surface area contributed by atoms with Gasteiger partial charge < -0.3 is 24.7 Å². The summed E-state index contributed by atoms with van der Waals surface area (Å²) in [5, 5.41) is 20.7. The van der Waals surface area contributed by atoms with Crippen LogP contribution in [0.1, 0.15) is 12.8 Å². The summed E-state index contributed by atoms with van der Waals surface area (Å²) in [5.74, 6) is -0.782. The summed E-state index contributed by atoms with van der Waals surface area (Å²) >= 11 is 0. The molecule has 2 N–H and O–H groups in total. The number of carbonyl (C=O) groups is 2. The standard InChI is InChI=1S/C11H16N2O8/c14-3-6(15)1-2-9(16)12-7-4-19-11-8(21-13(17)18)5-20-10(7)11/h7-8,10-11,14H,1-5H2,(H,12,16)/t7-,8+,10+,11+/m0/s1. The molecular formula is C11H16N2O8. The summed E-state index contributed by atoms with van der Waals surface area (Å²) in [7, 11) is 0. The van der Waals surface area contributed by atoms with Gasteiger partial charge in [0.2, 0.25) is 5.91 Å². The van der Waals surface area contributed by atoms with Crippen molar-refractivity contribution in [1.82, 2.24) is 5.32 Å². The summed E-state index contributed by atoms with van der Waals surface area (Å²) in [4.78, 5) is 37.4. The Morgan fingerprint density at radius 1 is 1.29 bits per heavy atom. The van der Waals surface area contributed by atoms with E-state index in [2.05, 4.69) is 10.2 Å². The lowest BCUT2D eigenvalue weighted by molar-refractivity contribution is -0.769. The van der Waals surface area contributed by atoms with Gasteiger partial charge in [-0.3, -0.25) is 9.59 Å². The summed E-state index contributed by atoms with van der Waals surface area (Å²) in [6.07, 6.45) is -1.99. The van der Waals surface area contributed by atoms with E-state index in [0.717, 1.165) is 0 Å². The topological polar surface area (TPSA) is 137 Å². The number of ketones is 1. The number of carbonyl (C=O) groups excluding carboxylic acids is 2. The van der Waals surface area contributed by atoms with E-state index in [1.165, 1.54) is 0 Å². The molecular weight excluding hydrogens is 288 g/mol. The van der Waals surface area contributed by atoms with Crippen LogP contribution in [0.4, 0.5) is 0 Å². The van der Waals surface area contributed by atoms with Crippen LogP contribution in [0, 0.1) is 10.1 Å². The molecule has 118 valence electrons. The summed E-state index contributed by atoms with van der Waals surface area (Å²) in [5.41, 5.74) is 0. The van der Waals surface area contributed by atoms with Crippen LogP contribution in [0.5, 0.6) is 0 Å². The van der Waals surface area contributed by atoms with Gasteiger partial charge >= 0.3 is 0 Å². The van der Waals surface area contributed by atoms with Crippen LogP contribution in [0.3, 0.4) is 0 Å². The Morgan fingerprint density at radius 3 is 2.67 bits per heavy atom. The Hall–Kier alpha value is -1.78. The van der Waals surface area contributed by atoms with E-state index in [9.17, 15) is 19.7 Å². The van der Waals surface area contributed by atoms with Gasteiger partial charge in [0.15, 0.2) is 11.9 Å². The monoisotopic (exact) mass is 304 g/mol. The first kappa shape index (κ1) is 15.6. The molecule has 0 radical (unpaired) electrons. The van der Waals surface area contributed by atoms with E-state index in [4.69, 9.17) is 14.6 Å². The first-order chi connectivity index (χ1) is 10.0. The zero-order valence-electron chi connectivity index (χ0n) is 11.1. The molecule has 2 fully saturated rings. The van der Waals surface area contributed by atoms with Crippen LogP contribution in [0.2, 0.25) is 0 Å². The number of Topliss-reactive ketones (excluding diaryl/α,β-unsaturated/α-hetero) is 1. The van der Waals surface area contributed by atoms with Gasteiger partial charge in [-0.25, -0.2) is 0 Å². The number of rotatable bonds is 7. The molecule has 2 rings (SSSR count). The molecule has 21 heavy (non-hydrogen) atoms. The second-order valence-corrected chi connectivity index (χ2v) is 4.83. The maximum absolute atomic E-state index is 11.7. The molecule has 0 bridgehead atoms. The summed E-state index contributed by atoms with van der Waals surface area (Å²) in [6.45, 7) is -0.411. The molecule has 1 amide bonds. The van der Waals surface area contributed by atoms with Crippen molar-refractivity contribution >= 4 is 11.7 Å². The maximum Gasteiger partial charge on any atom is 0.294 e. The second kappa shape index (κ2) is 6.78. The Morgan fingerprint density at radius 2 is 2.00 bits per heavy atom. The molecule has 0 aromatic heterocycles. The van der Waals surface area contributed by atoms with Crippen LogP contribution < -0.4 is 5.32 Å². The van der Waals surface area contributed by atoms with Crippen molar-refractivity contribution in [2.75, 3.05) is 19.8 Å². The number of fused-ring (bicyclic) bond motifs is 1. The van der Waals surface area contributed by atoms with E-state index >= 15 is 0 Å². The van der Waals surface area contributed by atoms with Crippen molar-refractivity contribution in [1.29, 1.82) is 0 Å². The minimum Gasteiger partial charge on any atom is -0.389 e. The fraction of sp³-hybridized carbons (Fsp3) is 0.818. The number of aliphatic hydroxyl groups excluding tert-OH is 1. The number of ether oxygens (including phenoxy) is 2. The van der Waals surface area contributed by atoms with Crippen molar-refractivity contribution in [3.8, 4) is 0 Å². The SMILES string of the molecule is O=C(CO)CCC(=O)N[C@H]1CO[C@H]2[C@@H]1OC[C@H]2O[N+](=O)[O-]. The molecule has 2 aliphatic heterocycles. The highest BCUT2D eigenvalue weighted by Gasteiger charge is 2.49. The smallest absolute Gasteiger partial charge is 0.294 e. The van der Waals surface area contributed by atoms with Crippen molar-refractivity contribution in [3.05, 3.63) is 10.1 Å². The summed E-state index contributed by atoms with van der Waals surface area (Å²) in [6, 6.07) is -0.438. The molecule has 0 spiro atoms. The predicted molar refractivity (Wildman–Crippen MR) is 64.6 cm³/mol. The van der Waals surface area contributed by atoms with E-state index < -0.39 is 41.8 Å². The highest BCUT2D eigenvalue weighted by molar-refractivity contribution is 5.85. The van der Waals surface area contributed by atoms with Gasteiger partial charge in [0.05, 0.1) is 19.3 Å². The minimum absolute atomic E-state index is 0.0195. The molecule has 10 nitrogen and oxygen atoms in total. The molecule has 0 aromatic rings. The Kier molecular flexibility index (Phi) is 5.04. The number of hydrogen-bond donors (Lipinski definition) is 2. The van der Waals surface area contributed by atoms with E-state index in [-0.39, 0.29) is 32.0 Å². The minimum atomic E-state index is -0.897. The van der Waals surface area contributed by atoms with Gasteiger partial charge in [0.1, 0.15) is 18.8 Å².